The molecule has 4 heterocycles. The van der Waals surface area contributed by atoms with Gasteiger partial charge >= 0.3 is 6.55 Å². The second kappa shape index (κ2) is 8.12. The van der Waals surface area contributed by atoms with Gasteiger partial charge in [-0.05, 0) is 48.0 Å². The van der Waals surface area contributed by atoms with Crippen LogP contribution in [0, 0.1) is 11.3 Å². The number of nitriles is 1. The van der Waals surface area contributed by atoms with Crippen molar-refractivity contribution in [3.63, 3.8) is 0 Å². The van der Waals surface area contributed by atoms with E-state index in [1.54, 1.807) is 38.2 Å². The van der Waals surface area contributed by atoms with Crippen LogP contribution in [-0.4, -0.2) is 36.2 Å². The number of H-pyrrole nitrogens is 1. The van der Waals surface area contributed by atoms with Gasteiger partial charge in [-0.15, -0.1) is 0 Å². The summed E-state index contributed by atoms with van der Waals surface area (Å²) in [6.45, 7) is 0.461. The number of nitrogens with one attached hydrogen (secondary N) is 2. The Kier molecular flexibility index (Phi) is 5.48. The van der Waals surface area contributed by atoms with Gasteiger partial charge in [0.05, 0.1) is 28.1 Å². The first-order valence-corrected chi connectivity index (χ1v) is 10.2. The van der Waals surface area contributed by atoms with Crippen LogP contribution in [0.25, 0.3) is 33.5 Å². The highest BCUT2D eigenvalue weighted by Crippen LogP contribution is 2.35. The first-order chi connectivity index (χ1) is 15.2. The Morgan fingerprint density at radius 3 is 2.78 bits per heavy atom. The quantitative estimate of drug-likeness (QED) is 0.414. The van der Waals surface area contributed by atoms with Crippen LogP contribution in [0.3, 0.4) is 0 Å². The first kappa shape index (κ1) is 21.6. The summed E-state index contributed by atoms with van der Waals surface area (Å²) in [6.07, 6.45) is 4.18. The highest BCUT2D eigenvalue weighted by molar-refractivity contribution is 9.10. The van der Waals surface area contributed by atoms with E-state index in [4.69, 9.17) is 5.26 Å². The number of hydrogen-bond donors (Lipinski definition) is 2. The number of rotatable bonds is 5. The van der Waals surface area contributed by atoms with Crippen LogP contribution in [0.2, 0.25) is 0 Å². The zero-order chi connectivity index (χ0) is 23.0. The molecule has 0 saturated heterocycles. The third-order valence-corrected chi connectivity index (χ3v) is 5.48. The minimum atomic E-state index is -2.73. The Hall–Kier alpha value is -3.65. The molecule has 4 aromatic heterocycles. The van der Waals surface area contributed by atoms with Crippen LogP contribution >= 0.6 is 15.9 Å². The molecule has 162 valence electrons. The van der Waals surface area contributed by atoms with Gasteiger partial charge in [-0.25, -0.2) is 14.6 Å². The van der Waals surface area contributed by atoms with Gasteiger partial charge in [0.1, 0.15) is 16.9 Å². The maximum atomic E-state index is 12.9. The number of carbonyl (C=O) groups excluding carboxylic acids is 1. The van der Waals surface area contributed by atoms with Gasteiger partial charge < -0.3 is 10.3 Å². The molecule has 0 unspecified atom stereocenters. The van der Waals surface area contributed by atoms with E-state index in [0.717, 1.165) is 0 Å². The molecule has 32 heavy (non-hydrogen) atoms. The van der Waals surface area contributed by atoms with Crippen LogP contribution in [-0.2, 0) is 0 Å². The number of halogens is 3. The van der Waals surface area contributed by atoms with Gasteiger partial charge in [-0.3, -0.25) is 4.79 Å². The van der Waals surface area contributed by atoms with Crippen molar-refractivity contribution in [2.75, 3.05) is 0 Å². The molecule has 0 aromatic carbocycles. The Morgan fingerprint density at radius 2 is 2.09 bits per heavy atom. The summed E-state index contributed by atoms with van der Waals surface area (Å²) in [5.74, 6) is -0.464. The van der Waals surface area contributed by atoms with Crippen molar-refractivity contribution in [2.24, 2.45) is 0 Å². The van der Waals surface area contributed by atoms with E-state index in [-0.39, 0.29) is 5.69 Å². The fourth-order valence-corrected chi connectivity index (χ4v) is 3.68. The fourth-order valence-electron chi connectivity index (χ4n) is 3.05. The Morgan fingerprint density at radius 1 is 1.31 bits per heavy atom. The molecule has 0 atom stereocenters. The monoisotopic (exact) mass is 499 g/mol. The molecule has 0 radical (unpaired) electrons. The molecule has 0 spiro atoms. The first-order valence-electron chi connectivity index (χ1n) is 9.39. The van der Waals surface area contributed by atoms with Gasteiger partial charge in [-0.1, -0.05) is 6.07 Å². The molecule has 0 aliphatic heterocycles. The lowest BCUT2D eigenvalue weighted by Crippen LogP contribution is -2.42. The highest BCUT2D eigenvalue weighted by atomic mass is 79.9. The number of carbonyl (C=O) groups is 1. The molecule has 2 N–H and O–H groups in total. The van der Waals surface area contributed by atoms with Gasteiger partial charge in [0.25, 0.3) is 5.91 Å². The van der Waals surface area contributed by atoms with Crippen molar-refractivity contribution in [1.29, 1.82) is 5.26 Å². The topological polar surface area (TPSA) is 112 Å². The molecule has 4 rings (SSSR count). The van der Waals surface area contributed by atoms with Crippen molar-refractivity contribution in [1.82, 2.24) is 30.0 Å². The number of aromatic amines is 1. The zero-order valence-corrected chi connectivity index (χ0v) is 18.5. The summed E-state index contributed by atoms with van der Waals surface area (Å²) in [7, 11) is 0. The summed E-state index contributed by atoms with van der Waals surface area (Å²) in [5, 5.41) is 16.1. The maximum Gasteiger partial charge on any atom is 0.333 e. The number of hydrogen-bond acceptors (Lipinski definition) is 5. The van der Waals surface area contributed by atoms with Gasteiger partial charge in [0.2, 0.25) is 0 Å². The number of pyridine rings is 2. The summed E-state index contributed by atoms with van der Waals surface area (Å²) < 4.78 is 26.9. The normalized spacial score (nSPS) is 11.7. The molecule has 0 saturated carbocycles. The molecule has 0 bridgehead atoms. The van der Waals surface area contributed by atoms with E-state index >= 15 is 0 Å². The molecule has 1 amide bonds. The summed E-state index contributed by atoms with van der Waals surface area (Å²) >= 11 is 3.51. The minimum Gasteiger partial charge on any atom is -0.338 e. The van der Waals surface area contributed by atoms with Crippen molar-refractivity contribution in [3.8, 4) is 28.6 Å². The molecule has 0 aliphatic carbocycles. The Bertz CT molecular complexity index is 1370. The summed E-state index contributed by atoms with van der Waals surface area (Å²) in [5.41, 5.74) is 1.90. The molecule has 8 nitrogen and oxygen atoms in total. The minimum absolute atomic E-state index is 0.166. The van der Waals surface area contributed by atoms with Crippen LogP contribution in [0.5, 0.6) is 0 Å². The average molecular weight is 500 g/mol. The van der Waals surface area contributed by atoms with Crippen LogP contribution in [0.1, 0.15) is 30.9 Å². The van der Waals surface area contributed by atoms with E-state index in [9.17, 15) is 13.6 Å². The van der Waals surface area contributed by atoms with Crippen LogP contribution < -0.4 is 5.32 Å². The number of alkyl halides is 2. The van der Waals surface area contributed by atoms with E-state index in [0.29, 0.717) is 42.7 Å². The lowest BCUT2D eigenvalue weighted by atomic mass is 10.1. The SMILES string of the molecule is CC(C)(C#N)NC(=O)c1cccc(-c2cnc3[nH]c(-c4cnn(C(F)F)c4)c(Br)c3c2)n1. The fraction of sp³-hybridized carbons (Fsp3) is 0.190. The Labute approximate surface area is 189 Å². The van der Waals surface area contributed by atoms with Crippen molar-refractivity contribution in [3.05, 3.63) is 53.0 Å². The van der Waals surface area contributed by atoms with Crippen LogP contribution in [0.4, 0.5) is 8.78 Å². The lowest BCUT2D eigenvalue weighted by molar-refractivity contribution is 0.0566. The highest BCUT2D eigenvalue weighted by Gasteiger charge is 2.21. The van der Waals surface area contributed by atoms with E-state index in [1.165, 1.54) is 12.4 Å². The third-order valence-electron chi connectivity index (χ3n) is 4.66. The van der Waals surface area contributed by atoms with Crippen molar-refractivity contribution >= 4 is 32.9 Å². The molecule has 11 heteroatoms. The second-order valence-corrected chi connectivity index (χ2v) is 8.31. The summed E-state index contributed by atoms with van der Waals surface area (Å²) in [6, 6.07) is 8.83. The van der Waals surface area contributed by atoms with Crippen LogP contribution in [0.15, 0.2) is 47.3 Å². The largest absolute Gasteiger partial charge is 0.338 e. The number of amides is 1. The van der Waals surface area contributed by atoms with Crippen molar-refractivity contribution in [2.45, 2.75) is 25.9 Å². The molecule has 0 aliphatic rings. The third kappa shape index (κ3) is 4.09. The lowest BCUT2D eigenvalue weighted by Gasteiger charge is -2.17. The van der Waals surface area contributed by atoms with Crippen molar-refractivity contribution < 1.29 is 13.6 Å². The predicted molar refractivity (Wildman–Crippen MR) is 117 cm³/mol. The number of fused-ring (bicyclic) bond motifs is 1. The molecule has 4 aromatic rings. The Balaban J connectivity index is 1.69. The standard InChI is InChI=1S/C21H16BrF2N7O/c1-21(2,10-25)30-19(32)15-5-3-4-14(28-15)11-6-13-16(22)17(29-18(13)26-7-11)12-8-27-31(9-12)20(23)24/h3-9,20H,1-2H3,(H,26,29)(H,30,32). The molecular weight excluding hydrogens is 484 g/mol. The van der Waals surface area contributed by atoms with Gasteiger partial charge in [0, 0.05) is 28.9 Å². The number of aromatic nitrogens is 5. The predicted octanol–water partition coefficient (Wildman–Crippen LogP) is 4.68. The van der Waals surface area contributed by atoms with E-state index in [2.05, 4.69) is 41.3 Å². The van der Waals surface area contributed by atoms with Gasteiger partial charge in [-0.2, -0.15) is 19.1 Å². The maximum absolute atomic E-state index is 12.9. The smallest absolute Gasteiger partial charge is 0.333 e. The average Bonchev–Trinajstić information content (AvgIpc) is 3.38. The molecule has 0 fully saturated rings. The number of nitrogens with zero attached hydrogens (tertiary/aromatic N) is 5. The van der Waals surface area contributed by atoms with E-state index in [1.807, 2.05) is 12.1 Å². The summed E-state index contributed by atoms with van der Waals surface area (Å²) in [4.78, 5) is 24.4. The second-order valence-electron chi connectivity index (χ2n) is 7.52. The molecular formula is C21H16BrF2N7O. The van der Waals surface area contributed by atoms with Gasteiger partial charge in [0.15, 0.2) is 0 Å². The zero-order valence-electron chi connectivity index (χ0n) is 16.9. The van der Waals surface area contributed by atoms with E-state index < -0.39 is 18.0 Å².